The Morgan fingerprint density at radius 3 is 2.57 bits per heavy atom. The summed E-state index contributed by atoms with van der Waals surface area (Å²) in [6.07, 6.45) is 1.58. The molecule has 6 nitrogen and oxygen atoms in total. The van der Waals surface area contributed by atoms with Crippen LogP contribution in [-0.4, -0.2) is 35.2 Å². The molecule has 5 rings (SSSR count). The van der Waals surface area contributed by atoms with Crippen molar-refractivity contribution in [1.29, 1.82) is 0 Å². The number of likely N-dealkylation sites (N-methyl/N-ethyl adjacent to an activating group) is 1. The zero-order valence-corrected chi connectivity index (χ0v) is 21.4. The summed E-state index contributed by atoms with van der Waals surface area (Å²) in [6.45, 7) is 5.75. The van der Waals surface area contributed by atoms with E-state index >= 15 is 0 Å². The van der Waals surface area contributed by atoms with Gasteiger partial charge in [0.25, 0.3) is 0 Å². The van der Waals surface area contributed by atoms with Gasteiger partial charge in [-0.15, -0.1) is 11.3 Å². The van der Waals surface area contributed by atoms with Crippen molar-refractivity contribution >= 4 is 50.6 Å². The highest BCUT2D eigenvalue weighted by atomic mass is 35.5. The molecule has 0 N–H and O–H groups in total. The zero-order chi connectivity index (χ0) is 24.9. The Morgan fingerprint density at radius 1 is 1.14 bits per heavy atom. The number of nitrogens with zero attached hydrogens (tertiary/aromatic N) is 3. The van der Waals surface area contributed by atoms with Gasteiger partial charge in [0.05, 0.1) is 11.4 Å². The maximum Gasteiger partial charge on any atom is 0.348 e. The monoisotopic (exact) mass is 505 g/mol. The van der Waals surface area contributed by atoms with Crippen LogP contribution in [-0.2, 0) is 14.9 Å². The van der Waals surface area contributed by atoms with Crippen LogP contribution in [0.4, 0.5) is 5.69 Å². The van der Waals surface area contributed by atoms with Crippen molar-refractivity contribution in [2.24, 2.45) is 0 Å². The highest BCUT2D eigenvalue weighted by molar-refractivity contribution is 7.20. The van der Waals surface area contributed by atoms with Gasteiger partial charge in [-0.2, -0.15) is 5.10 Å². The zero-order valence-electron chi connectivity index (χ0n) is 19.8. The Kier molecular flexibility index (Phi) is 5.77. The summed E-state index contributed by atoms with van der Waals surface area (Å²) in [6, 6.07) is 17.2. The summed E-state index contributed by atoms with van der Waals surface area (Å²) in [4.78, 5) is 28.8. The number of ether oxygens (including phenoxy) is 1. The smallest absolute Gasteiger partial charge is 0.348 e. The molecule has 0 unspecified atom stereocenters. The highest BCUT2D eigenvalue weighted by Gasteiger charge is 2.38. The molecule has 0 bridgehead atoms. The van der Waals surface area contributed by atoms with E-state index in [0.29, 0.717) is 9.90 Å². The van der Waals surface area contributed by atoms with Gasteiger partial charge in [-0.3, -0.25) is 4.79 Å². The normalized spacial score (nSPS) is 15.6. The Balaban J connectivity index is 1.33. The highest BCUT2D eigenvalue weighted by Crippen LogP contribution is 2.46. The third kappa shape index (κ3) is 4.05. The van der Waals surface area contributed by atoms with Crippen LogP contribution < -0.4 is 4.90 Å². The van der Waals surface area contributed by atoms with Gasteiger partial charge in [-0.1, -0.05) is 43.6 Å². The number of benzene rings is 2. The first-order valence-corrected chi connectivity index (χ1v) is 12.4. The van der Waals surface area contributed by atoms with Crippen LogP contribution in [0, 0.1) is 6.92 Å². The van der Waals surface area contributed by atoms with Crippen molar-refractivity contribution < 1.29 is 14.3 Å². The molecule has 4 aromatic rings. The summed E-state index contributed by atoms with van der Waals surface area (Å²) < 4.78 is 7.18. The maximum absolute atomic E-state index is 12.8. The number of aromatic nitrogens is 2. The minimum absolute atomic E-state index is 0.259. The van der Waals surface area contributed by atoms with Crippen LogP contribution in [0.15, 0.2) is 66.4 Å². The lowest BCUT2D eigenvalue weighted by Crippen LogP contribution is -2.25. The van der Waals surface area contributed by atoms with Crippen LogP contribution in [0.1, 0.15) is 34.8 Å². The molecular formula is C27H24ClN3O3S. The lowest BCUT2D eigenvalue weighted by Gasteiger charge is -2.23. The minimum atomic E-state index is -0.526. The first-order valence-electron chi connectivity index (χ1n) is 11.2. The quantitative estimate of drug-likeness (QED) is 0.243. The second-order valence-corrected chi connectivity index (χ2v) is 10.5. The molecule has 0 spiro atoms. The molecule has 0 saturated heterocycles. The first-order chi connectivity index (χ1) is 16.7. The van der Waals surface area contributed by atoms with E-state index in [1.807, 2.05) is 49.2 Å². The number of esters is 1. The summed E-state index contributed by atoms with van der Waals surface area (Å²) >= 11 is 7.29. The van der Waals surface area contributed by atoms with E-state index in [1.54, 1.807) is 29.0 Å². The SMILES string of the molecule is Cc1nn(-c2ccc(Cl)cc2)c2sc(C(=O)OCC(=O)C=C3N(C)c4ccccc4C3(C)C)cc12. The molecule has 2 aromatic carbocycles. The molecule has 0 amide bonds. The van der Waals surface area contributed by atoms with Gasteiger partial charge in [-0.05, 0) is 48.9 Å². The first kappa shape index (κ1) is 23.3. The van der Waals surface area contributed by atoms with Gasteiger partial charge in [0, 0.05) is 40.3 Å². The predicted octanol–water partition coefficient (Wildman–Crippen LogP) is 6.09. The number of ketones is 1. The van der Waals surface area contributed by atoms with Crippen LogP contribution in [0.5, 0.6) is 0 Å². The fourth-order valence-corrected chi connectivity index (χ4v) is 5.77. The Labute approximate surface area is 212 Å². The number of aryl methyl sites for hydroxylation is 1. The minimum Gasteiger partial charge on any atom is -0.453 e. The summed E-state index contributed by atoms with van der Waals surface area (Å²) in [5.74, 6) is -0.784. The Bertz CT molecular complexity index is 1500. The van der Waals surface area contributed by atoms with Crippen LogP contribution in [0.25, 0.3) is 15.9 Å². The molecule has 1 aliphatic heterocycles. The van der Waals surface area contributed by atoms with Crippen molar-refractivity contribution in [3.63, 3.8) is 0 Å². The molecule has 0 aliphatic carbocycles. The number of carbonyl (C=O) groups is 2. The number of rotatable bonds is 5. The lowest BCUT2D eigenvalue weighted by atomic mass is 9.83. The van der Waals surface area contributed by atoms with Gasteiger partial charge in [-0.25, -0.2) is 9.48 Å². The summed E-state index contributed by atoms with van der Waals surface area (Å²) in [5, 5.41) is 6.10. The molecule has 178 valence electrons. The summed E-state index contributed by atoms with van der Waals surface area (Å²) in [7, 11) is 1.95. The molecule has 0 radical (unpaired) electrons. The number of hydrogen-bond donors (Lipinski definition) is 0. The van der Waals surface area contributed by atoms with Gasteiger partial charge in [0.2, 0.25) is 0 Å². The number of anilines is 1. The van der Waals surface area contributed by atoms with Gasteiger partial charge >= 0.3 is 5.97 Å². The van der Waals surface area contributed by atoms with Crippen molar-refractivity contribution in [1.82, 2.24) is 9.78 Å². The lowest BCUT2D eigenvalue weighted by molar-refractivity contribution is -0.117. The standard InChI is InChI=1S/C27H24ClN3O3S/c1-16-20-14-23(35-25(20)31(29-16)18-11-9-17(28)10-12-18)26(33)34-15-19(32)13-24-27(2,3)21-7-5-6-8-22(21)30(24)4/h5-14H,15H2,1-4H3. The maximum atomic E-state index is 12.8. The molecule has 35 heavy (non-hydrogen) atoms. The number of allylic oxidation sites excluding steroid dienone is 1. The third-order valence-corrected chi connectivity index (χ3v) is 7.74. The number of halogens is 1. The van der Waals surface area contributed by atoms with Crippen LogP contribution >= 0.6 is 22.9 Å². The average molecular weight is 506 g/mol. The fraction of sp³-hybridized carbons (Fsp3) is 0.222. The number of para-hydroxylation sites is 1. The van der Waals surface area contributed by atoms with Gasteiger partial charge in [0.1, 0.15) is 9.71 Å². The number of hydrogen-bond acceptors (Lipinski definition) is 6. The molecule has 3 heterocycles. The van der Waals surface area contributed by atoms with Crippen LogP contribution in [0.3, 0.4) is 0 Å². The second-order valence-electron chi connectivity index (χ2n) is 9.08. The van der Waals surface area contributed by atoms with Crippen molar-refractivity contribution in [2.45, 2.75) is 26.2 Å². The average Bonchev–Trinajstić information content (AvgIpc) is 3.46. The summed E-state index contributed by atoms with van der Waals surface area (Å²) in [5.41, 5.74) is 4.44. The van der Waals surface area contributed by atoms with E-state index in [2.05, 4.69) is 25.0 Å². The number of fused-ring (bicyclic) bond motifs is 2. The van der Waals surface area contributed by atoms with E-state index in [4.69, 9.17) is 16.3 Å². The topological polar surface area (TPSA) is 64.4 Å². The number of carbonyl (C=O) groups excluding carboxylic acids is 2. The molecule has 1 aliphatic rings. The van der Waals surface area contributed by atoms with E-state index < -0.39 is 5.97 Å². The Morgan fingerprint density at radius 2 is 1.86 bits per heavy atom. The molecule has 2 aromatic heterocycles. The van der Waals surface area contributed by atoms with E-state index in [1.165, 1.54) is 11.3 Å². The Hall–Kier alpha value is -3.42. The molecule has 0 fully saturated rings. The second kappa shape index (κ2) is 8.66. The predicted molar refractivity (Wildman–Crippen MR) is 140 cm³/mol. The molecule has 0 saturated carbocycles. The third-order valence-electron chi connectivity index (χ3n) is 6.40. The largest absolute Gasteiger partial charge is 0.453 e. The fourth-order valence-electron chi connectivity index (χ4n) is 4.57. The van der Waals surface area contributed by atoms with Crippen molar-refractivity contribution in [3.8, 4) is 5.69 Å². The van der Waals surface area contributed by atoms with Crippen molar-refractivity contribution in [2.75, 3.05) is 18.6 Å². The van der Waals surface area contributed by atoms with E-state index in [9.17, 15) is 9.59 Å². The molecule has 0 atom stereocenters. The van der Waals surface area contributed by atoms with Gasteiger partial charge in [0.15, 0.2) is 12.4 Å². The van der Waals surface area contributed by atoms with Crippen LogP contribution in [0.2, 0.25) is 5.02 Å². The van der Waals surface area contributed by atoms with Crippen molar-refractivity contribution in [3.05, 3.63) is 87.5 Å². The van der Waals surface area contributed by atoms with E-state index in [-0.39, 0.29) is 17.8 Å². The molecular weight excluding hydrogens is 482 g/mol. The molecule has 8 heteroatoms. The van der Waals surface area contributed by atoms with E-state index in [0.717, 1.165) is 38.5 Å². The van der Waals surface area contributed by atoms with Gasteiger partial charge < -0.3 is 9.64 Å². The number of thiophene rings is 1.